The summed E-state index contributed by atoms with van der Waals surface area (Å²) >= 11 is 3.46. The lowest BCUT2D eigenvalue weighted by Gasteiger charge is -2.42. The Hall–Kier alpha value is -1.60. The normalized spacial score (nSPS) is 20.0. The van der Waals surface area contributed by atoms with Crippen LogP contribution in [0.25, 0.3) is 0 Å². The summed E-state index contributed by atoms with van der Waals surface area (Å²) in [4.78, 5) is 24.8. The Balaban J connectivity index is 1.80. The highest BCUT2D eigenvalue weighted by atomic mass is 79.9. The number of likely N-dealkylation sites (N-methyl/N-ethyl adjacent to an activating group) is 1. The maximum Gasteiger partial charge on any atom is 0.319 e. The number of halogens is 1. The molecular formula is C16H22BrN3O3. The molecule has 1 aliphatic rings. The van der Waals surface area contributed by atoms with Crippen LogP contribution in [-0.2, 0) is 4.79 Å². The third-order valence-electron chi connectivity index (χ3n) is 4.15. The molecule has 1 saturated carbocycles. The zero-order valence-electron chi connectivity index (χ0n) is 13.3. The number of carboxylic acid groups (broad SMARTS) is 1. The Morgan fingerprint density at radius 3 is 2.70 bits per heavy atom. The van der Waals surface area contributed by atoms with E-state index in [9.17, 15) is 9.59 Å². The quantitative estimate of drug-likeness (QED) is 0.705. The van der Waals surface area contributed by atoms with Crippen molar-refractivity contribution in [3.05, 3.63) is 28.2 Å². The molecule has 0 spiro atoms. The molecule has 6 nitrogen and oxygen atoms in total. The van der Waals surface area contributed by atoms with E-state index < -0.39 is 5.97 Å². The summed E-state index contributed by atoms with van der Waals surface area (Å²) in [5, 5.41) is 14.6. The number of carboxylic acids is 1. The van der Waals surface area contributed by atoms with Crippen LogP contribution >= 0.6 is 15.9 Å². The number of rotatable bonds is 6. The van der Waals surface area contributed by atoms with Crippen LogP contribution in [0.1, 0.15) is 25.3 Å². The first-order valence-corrected chi connectivity index (χ1v) is 8.48. The zero-order chi connectivity index (χ0) is 17.0. The van der Waals surface area contributed by atoms with Crippen LogP contribution in [0.4, 0.5) is 10.5 Å². The Morgan fingerprint density at radius 2 is 2.09 bits per heavy atom. The third kappa shape index (κ3) is 4.68. The highest BCUT2D eigenvalue weighted by molar-refractivity contribution is 9.10. The highest BCUT2D eigenvalue weighted by Crippen LogP contribution is 2.27. The molecule has 1 aromatic rings. The van der Waals surface area contributed by atoms with Crippen molar-refractivity contribution in [2.45, 2.75) is 38.8 Å². The average Bonchev–Trinajstić information content (AvgIpc) is 2.45. The first-order valence-electron chi connectivity index (χ1n) is 7.69. The zero-order valence-corrected chi connectivity index (χ0v) is 14.9. The molecule has 0 aliphatic heterocycles. The number of carbonyl (C=O) groups is 2. The van der Waals surface area contributed by atoms with Gasteiger partial charge in [-0.05, 0) is 53.9 Å². The molecule has 0 atom stereocenters. The Morgan fingerprint density at radius 1 is 1.39 bits per heavy atom. The fraction of sp³-hybridized carbons (Fsp3) is 0.500. The van der Waals surface area contributed by atoms with Gasteiger partial charge in [-0.1, -0.05) is 19.1 Å². The van der Waals surface area contributed by atoms with E-state index in [-0.39, 0.29) is 24.7 Å². The van der Waals surface area contributed by atoms with Gasteiger partial charge in [-0.2, -0.15) is 0 Å². The first kappa shape index (κ1) is 17.7. The summed E-state index contributed by atoms with van der Waals surface area (Å²) in [7, 11) is 0. The lowest BCUT2D eigenvalue weighted by molar-refractivity contribution is -0.139. The van der Waals surface area contributed by atoms with E-state index in [0.717, 1.165) is 28.6 Å². The maximum atomic E-state index is 12.1. The van der Waals surface area contributed by atoms with Gasteiger partial charge in [-0.15, -0.1) is 0 Å². The fourth-order valence-electron chi connectivity index (χ4n) is 2.76. The number of urea groups is 1. The second-order valence-electron chi connectivity index (χ2n) is 5.81. The molecule has 23 heavy (non-hydrogen) atoms. The number of anilines is 1. The monoisotopic (exact) mass is 383 g/mol. The van der Waals surface area contributed by atoms with Gasteiger partial charge in [0.15, 0.2) is 0 Å². The highest BCUT2D eigenvalue weighted by Gasteiger charge is 2.34. The van der Waals surface area contributed by atoms with E-state index in [1.165, 1.54) is 0 Å². The van der Waals surface area contributed by atoms with Crippen molar-refractivity contribution in [2.24, 2.45) is 0 Å². The van der Waals surface area contributed by atoms with Crippen LogP contribution in [0.3, 0.4) is 0 Å². The number of hydrogen-bond acceptors (Lipinski definition) is 3. The van der Waals surface area contributed by atoms with E-state index in [1.54, 1.807) is 0 Å². The minimum Gasteiger partial charge on any atom is -0.480 e. The SMILES string of the molecule is CCN(CC(=O)O)C1CC(NC(=O)Nc2cccc(C)c2Br)C1. The number of nitrogens with one attached hydrogen (secondary N) is 2. The van der Waals surface area contributed by atoms with Gasteiger partial charge >= 0.3 is 12.0 Å². The average molecular weight is 384 g/mol. The van der Waals surface area contributed by atoms with Gasteiger partial charge in [-0.25, -0.2) is 4.79 Å². The van der Waals surface area contributed by atoms with Gasteiger partial charge in [0.1, 0.15) is 0 Å². The fourth-order valence-corrected chi connectivity index (χ4v) is 3.13. The molecular weight excluding hydrogens is 362 g/mol. The predicted octanol–water partition coefficient (Wildman–Crippen LogP) is 2.82. The molecule has 0 radical (unpaired) electrons. The standard InChI is InChI=1S/C16H22BrN3O3/c1-3-20(9-14(21)22)12-7-11(8-12)18-16(23)19-13-6-4-5-10(2)15(13)17/h4-6,11-12H,3,7-9H2,1-2H3,(H,21,22)(H2,18,19,23). The lowest BCUT2D eigenvalue weighted by Crippen LogP contribution is -2.55. The minimum atomic E-state index is -0.815. The van der Waals surface area contributed by atoms with E-state index in [1.807, 2.05) is 36.9 Å². The Kier molecular flexibility index (Phi) is 6.01. The third-order valence-corrected chi connectivity index (χ3v) is 5.20. The topological polar surface area (TPSA) is 81.7 Å². The molecule has 0 saturated heterocycles. The van der Waals surface area contributed by atoms with Crippen molar-refractivity contribution in [3.63, 3.8) is 0 Å². The van der Waals surface area contributed by atoms with Crippen LogP contribution in [0, 0.1) is 6.92 Å². The molecule has 1 aromatic carbocycles. The summed E-state index contributed by atoms with van der Waals surface area (Å²) in [5.74, 6) is -0.815. The van der Waals surface area contributed by atoms with Crippen molar-refractivity contribution >= 4 is 33.6 Å². The molecule has 0 heterocycles. The summed E-state index contributed by atoms with van der Waals surface area (Å²) in [6, 6.07) is 5.77. The van der Waals surface area contributed by atoms with Gasteiger partial charge < -0.3 is 15.7 Å². The summed E-state index contributed by atoms with van der Waals surface area (Å²) in [6.07, 6.45) is 1.56. The number of benzene rings is 1. The number of hydrogen-bond donors (Lipinski definition) is 3. The van der Waals surface area contributed by atoms with Crippen LogP contribution in [0.2, 0.25) is 0 Å². The predicted molar refractivity (Wildman–Crippen MR) is 92.7 cm³/mol. The summed E-state index contributed by atoms with van der Waals surface area (Å²) in [6.45, 7) is 4.67. The van der Waals surface area contributed by atoms with Gasteiger partial charge in [0.05, 0.1) is 12.2 Å². The molecule has 126 valence electrons. The second kappa shape index (κ2) is 7.79. The van der Waals surface area contributed by atoms with Gasteiger partial charge in [0.2, 0.25) is 0 Å². The Labute approximate surface area is 144 Å². The second-order valence-corrected chi connectivity index (χ2v) is 6.61. The van der Waals surface area contributed by atoms with Crippen LogP contribution in [0.5, 0.6) is 0 Å². The molecule has 7 heteroatoms. The lowest BCUT2D eigenvalue weighted by atomic mass is 9.85. The molecule has 1 aliphatic carbocycles. The largest absolute Gasteiger partial charge is 0.480 e. The molecule has 0 bridgehead atoms. The van der Waals surface area contributed by atoms with Crippen molar-refractivity contribution in [1.82, 2.24) is 10.2 Å². The van der Waals surface area contributed by atoms with Gasteiger partial charge in [0, 0.05) is 16.6 Å². The van der Waals surface area contributed by atoms with Gasteiger partial charge in [0.25, 0.3) is 0 Å². The molecule has 2 rings (SSSR count). The van der Waals surface area contributed by atoms with Crippen molar-refractivity contribution in [1.29, 1.82) is 0 Å². The number of nitrogens with zero attached hydrogens (tertiary/aromatic N) is 1. The number of carbonyl (C=O) groups excluding carboxylic acids is 1. The Bertz CT molecular complexity index is 588. The van der Waals surface area contributed by atoms with E-state index in [2.05, 4.69) is 26.6 Å². The van der Waals surface area contributed by atoms with Crippen LogP contribution < -0.4 is 10.6 Å². The van der Waals surface area contributed by atoms with E-state index >= 15 is 0 Å². The molecule has 3 N–H and O–H groups in total. The van der Waals surface area contributed by atoms with Crippen LogP contribution in [0.15, 0.2) is 22.7 Å². The number of aryl methyl sites for hydroxylation is 1. The minimum absolute atomic E-state index is 0.0519. The van der Waals surface area contributed by atoms with Crippen molar-refractivity contribution < 1.29 is 14.7 Å². The number of amides is 2. The number of aliphatic carboxylic acids is 1. The van der Waals surface area contributed by atoms with E-state index in [4.69, 9.17) is 5.11 Å². The first-order chi connectivity index (χ1) is 10.9. The smallest absolute Gasteiger partial charge is 0.319 e. The maximum absolute atomic E-state index is 12.1. The van der Waals surface area contributed by atoms with Crippen molar-refractivity contribution in [3.8, 4) is 0 Å². The summed E-state index contributed by atoms with van der Waals surface area (Å²) in [5.41, 5.74) is 1.79. The van der Waals surface area contributed by atoms with E-state index in [0.29, 0.717) is 6.54 Å². The van der Waals surface area contributed by atoms with Gasteiger partial charge in [-0.3, -0.25) is 9.69 Å². The molecule has 0 unspecified atom stereocenters. The van der Waals surface area contributed by atoms with Crippen LogP contribution in [-0.4, -0.2) is 47.2 Å². The molecule has 1 fully saturated rings. The molecule has 2 amide bonds. The van der Waals surface area contributed by atoms with Crippen molar-refractivity contribution in [2.75, 3.05) is 18.4 Å². The molecule has 0 aromatic heterocycles. The summed E-state index contributed by atoms with van der Waals surface area (Å²) < 4.78 is 0.875.